The molecule has 0 aromatic heterocycles. The first-order valence-corrected chi connectivity index (χ1v) is 11.8. The molecule has 7 heteroatoms. The van der Waals surface area contributed by atoms with Gasteiger partial charge in [0, 0.05) is 10.2 Å². The van der Waals surface area contributed by atoms with Gasteiger partial charge in [-0.3, -0.25) is 4.79 Å². The molecule has 0 aliphatic carbocycles. The number of ether oxygens (including phenoxy) is 2. The molecule has 3 aromatic rings. The van der Waals surface area contributed by atoms with E-state index in [1.807, 2.05) is 54.6 Å². The van der Waals surface area contributed by atoms with Gasteiger partial charge in [-0.2, -0.15) is 5.26 Å². The van der Waals surface area contributed by atoms with E-state index in [4.69, 9.17) is 9.47 Å². The van der Waals surface area contributed by atoms with Crippen LogP contribution in [-0.4, -0.2) is 13.0 Å². The van der Waals surface area contributed by atoms with Crippen molar-refractivity contribution in [3.05, 3.63) is 91.9 Å². The average Bonchev–Trinajstić information content (AvgIpc) is 2.83. The Bertz CT molecular complexity index is 1200. The minimum atomic E-state index is -0.479. The Balaban J connectivity index is 1.79. The van der Waals surface area contributed by atoms with Crippen molar-refractivity contribution in [1.82, 2.24) is 0 Å². The third-order valence-electron chi connectivity index (χ3n) is 4.84. The number of nitrogens with one attached hydrogen (secondary N) is 1. The molecule has 0 aliphatic rings. The summed E-state index contributed by atoms with van der Waals surface area (Å²) in [7, 11) is 1.54. The maximum Gasteiger partial charge on any atom is 0.266 e. The molecule has 1 amide bonds. The van der Waals surface area contributed by atoms with E-state index < -0.39 is 5.91 Å². The van der Waals surface area contributed by atoms with Crippen molar-refractivity contribution < 1.29 is 14.3 Å². The van der Waals surface area contributed by atoms with Gasteiger partial charge in [-0.05, 0) is 81.5 Å². The second-order valence-corrected chi connectivity index (χ2v) is 8.89. The Hall–Kier alpha value is -3.08. The van der Waals surface area contributed by atoms with Gasteiger partial charge < -0.3 is 14.8 Å². The highest BCUT2D eigenvalue weighted by atomic mass is 79.9. The summed E-state index contributed by atoms with van der Waals surface area (Å²) in [6.45, 7) is 2.42. The highest BCUT2D eigenvalue weighted by molar-refractivity contribution is 9.10. The molecule has 0 spiro atoms. The lowest BCUT2D eigenvalue weighted by Gasteiger charge is -2.14. The summed E-state index contributed by atoms with van der Waals surface area (Å²) >= 11 is 6.93. The molecule has 1 N–H and O–H groups in total. The molecule has 0 saturated carbocycles. The molecule has 0 bridgehead atoms. The van der Waals surface area contributed by atoms with Crippen LogP contribution in [0, 0.1) is 11.3 Å². The average molecular weight is 570 g/mol. The Morgan fingerprint density at radius 1 is 1.06 bits per heavy atom. The molecule has 3 rings (SSSR count). The number of nitriles is 1. The van der Waals surface area contributed by atoms with Gasteiger partial charge in [0.25, 0.3) is 5.91 Å². The zero-order chi connectivity index (χ0) is 23.8. The van der Waals surface area contributed by atoms with Crippen LogP contribution in [0.4, 0.5) is 5.69 Å². The molecule has 5 nitrogen and oxygen atoms in total. The smallest absolute Gasteiger partial charge is 0.266 e. The number of hydrogen-bond donors (Lipinski definition) is 1. The first-order chi connectivity index (χ1) is 15.9. The lowest BCUT2D eigenvalue weighted by atomic mass is 10.1. The minimum Gasteiger partial charge on any atom is -0.493 e. The minimum absolute atomic E-state index is 0.0212. The summed E-state index contributed by atoms with van der Waals surface area (Å²) < 4.78 is 13.1. The zero-order valence-electron chi connectivity index (χ0n) is 18.2. The zero-order valence-corrected chi connectivity index (χ0v) is 21.4. The normalized spacial score (nSPS) is 10.9. The van der Waals surface area contributed by atoms with E-state index >= 15 is 0 Å². The Morgan fingerprint density at radius 2 is 1.73 bits per heavy atom. The van der Waals surface area contributed by atoms with Crippen LogP contribution < -0.4 is 14.8 Å². The fourth-order valence-electron chi connectivity index (χ4n) is 3.04. The van der Waals surface area contributed by atoms with E-state index in [1.54, 1.807) is 19.2 Å². The molecular formula is C26H22Br2N2O3. The molecular weight excluding hydrogens is 548 g/mol. The number of nitrogens with zero attached hydrogens (tertiary/aromatic N) is 1. The number of anilines is 1. The third kappa shape index (κ3) is 6.70. The van der Waals surface area contributed by atoms with Crippen molar-refractivity contribution in [2.75, 3.05) is 12.4 Å². The summed E-state index contributed by atoms with van der Waals surface area (Å²) in [5.41, 5.74) is 3.42. The van der Waals surface area contributed by atoms with E-state index in [0.717, 1.165) is 16.5 Å². The Labute approximate surface area is 210 Å². The second kappa shape index (κ2) is 11.7. The molecule has 0 fully saturated rings. The standard InChI is InChI=1S/C26H22Br2N2O3/c1-3-17-6-10-22(11-7-17)30-26(31)20(15-29)12-19-13-23(28)25(24(14-19)32-2)33-16-18-4-8-21(27)9-5-18/h4-14H,3,16H2,1-2H3,(H,30,31)/b20-12-. The number of amides is 1. The number of halogens is 2. The van der Waals surface area contributed by atoms with Crippen molar-refractivity contribution in [3.63, 3.8) is 0 Å². The number of hydrogen-bond acceptors (Lipinski definition) is 4. The fraction of sp³-hybridized carbons (Fsp3) is 0.154. The van der Waals surface area contributed by atoms with E-state index in [0.29, 0.717) is 33.8 Å². The predicted molar refractivity (Wildman–Crippen MR) is 137 cm³/mol. The summed E-state index contributed by atoms with van der Waals surface area (Å²) in [4.78, 5) is 12.6. The molecule has 33 heavy (non-hydrogen) atoms. The Morgan fingerprint density at radius 3 is 2.33 bits per heavy atom. The van der Waals surface area contributed by atoms with Gasteiger partial charge in [-0.1, -0.05) is 47.1 Å². The number of methoxy groups -OCH3 is 1. The van der Waals surface area contributed by atoms with Gasteiger partial charge in [-0.25, -0.2) is 0 Å². The maximum atomic E-state index is 12.6. The number of aryl methyl sites for hydroxylation is 1. The molecule has 0 aliphatic heterocycles. The summed E-state index contributed by atoms with van der Waals surface area (Å²) in [6, 6.07) is 20.8. The van der Waals surface area contributed by atoms with E-state index in [9.17, 15) is 10.1 Å². The van der Waals surface area contributed by atoms with Crippen LogP contribution in [0.3, 0.4) is 0 Å². The molecule has 0 saturated heterocycles. The summed E-state index contributed by atoms with van der Waals surface area (Å²) in [5, 5.41) is 12.3. The van der Waals surface area contributed by atoms with Crippen LogP contribution in [0.2, 0.25) is 0 Å². The van der Waals surface area contributed by atoms with Crippen LogP contribution in [0.1, 0.15) is 23.6 Å². The lowest BCUT2D eigenvalue weighted by molar-refractivity contribution is -0.112. The second-order valence-electron chi connectivity index (χ2n) is 7.12. The first kappa shape index (κ1) is 24.6. The van der Waals surface area contributed by atoms with Crippen LogP contribution >= 0.6 is 31.9 Å². The van der Waals surface area contributed by atoms with Crippen molar-refractivity contribution in [3.8, 4) is 17.6 Å². The third-order valence-corrected chi connectivity index (χ3v) is 5.96. The highest BCUT2D eigenvalue weighted by Gasteiger charge is 2.14. The lowest BCUT2D eigenvalue weighted by Crippen LogP contribution is -2.13. The van der Waals surface area contributed by atoms with Crippen molar-refractivity contribution in [2.24, 2.45) is 0 Å². The van der Waals surface area contributed by atoms with Crippen molar-refractivity contribution in [2.45, 2.75) is 20.0 Å². The quantitative estimate of drug-likeness (QED) is 0.236. The molecule has 0 atom stereocenters. The molecule has 3 aromatic carbocycles. The number of carbonyl (C=O) groups excluding carboxylic acids is 1. The molecule has 0 unspecified atom stereocenters. The van der Waals surface area contributed by atoms with Crippen molar-refractivity contribution >= 4 is 49.5 Å². The Kier molecular flexibility index (Phi) is 8.70. The predicted octanol–water partition coefficient (Wildman–Crippen LogP) is 6.91. The summed E-state index contributed by atoms with van der Waals surface area (Å²) in [6.07, 6.45) is 2.43. The molecule has 0 radical (unpaired) electrons. The van der Waals surface area contributed by atoms with E-state index in [1.165, 1.54) is 11.6 Å². The summed E-state index contributed by atoms with van der Waals surface area (Å²) in [5.74, 6) is 0.546. The van der Waals surface area contributed by atoms with E-state index in [-0.39, 0.29) is 5.57 Å². The number of carbonyl (C=O) groups is 1. The highest BCUT2D eigenvalue weighted by Crippen LogP contribution is 2.38. The topological polar surface area (TPSA) is 71.4 Å². The van der Waals surface area contributed by atoms with Crippen molar-refractivity contribution in [1.29, 1.82) is 5.26 Å². The monoisotopic (exact) mass is 568 g/mol. The van der Waals surface area contributed by atoms with Gasteiger partial charge in [0.15, 0.2) is 11.5 Å². The van der Waals surface area contributed by atoms with Crippen LogP contribution in [0.5, 0.6) is 11.5 Å². The van der Waals surface area contributed by atoms with Gasteiger partial charge in [-0.15, -0.1) is 0 Å². The largest absolute Gasteiger partial charge is 0.493 e. The number of benzene rings is 3. The van der Waals surface area contributed by atoms with Crippen LogP contribution in [0.25, 0.3) is 6.08 Å². The van der Waals surface area contributed by atoms with E-state index in [2.05, 4.69) is 44.1 Å². The SMILES string of the molecule is CCc1ccc(NC(=O)/C(C#N)=C\c2cc(Br)c(OCc3ccc(Br)cc3)c(OC)c2)cc1. The van der Waals surface area contributed by atoms with Gasteiger partial charge >= 0.3 is 0 Å². The van der Waals surface area contributed by atoms with Crippen LogP contribution in [-0.2, 0) is 17.8 Å². The maximum absolute atomic E-state index is 12.6. The first-order valence-electron chi connectivity index (χ1n) is 10.2. The number of rotatable bonds is 8. The molecule has 0 heterocycles. The van der Waals surface area contributed by atoms with Gasteiger partial charge in [0.2, 0.25) is 0 Å². The van der Waals surface area contributed by atoms with Crippen LogP contribution in [0.15, 0.2) is 75.2 Å². The van der Waals surface area contributed by atoms with Gasteiger partial charge in [0.1, 0.15) is 18.2 Å². The van der Waals surface area contributed by atoms with Gasteiger partial charge in [0.05, 0.1) is 11.6 Å². The fourth-order valence-corrected chi connectivity index (χ4v) is 3.88. The molecule has 168 valence electrons.